The van der Waals surface area contributed by atoms with Crippen LogP contribution in [0.1, 0.15) is 41.3 Å². The average Bonchev–Trinajstić information content (AvgIpc) is 2.61. The van der Waals surface area contributed by atoms with E-state index in [1.807, 2.05) is 24.3 Å². The number of ether oxygens (including phenoxy) is 1. The zero-order valence-electron chi connectivity index (χ0n) is 15.2. The zero-order chi connectivity index (χ0) is 19.3. The summed E-state index contributed by atoms with van der Waals surface area (Å²) in [5, 5.41) is 0. The van der Waals surface area contributed by atoms with Crippen LogP contribution in [0.25, 0.3) is 0 Å². The maximum atomic E-state index is 12.6. The van der Waals surface area contributed by atoms with Crippen molar-refractivity contribution in [3.8, 4) is 5.75 Å². The lowest BCUT2D eigenvalue weighted by atomic mass is 10.0. The van der Waals surface area contributed by atoms with E-state index in [9.17, 15) is 13.2 Å². The smallest absolute Gasteiger partial charge is 0.248 e. The summed E-state index contributed by atoms with van der Waals surface area (Å²) in [7, 11) is -2.46. The van der Waals surface area contributed by atoms with Crippen molar-refractivity contribution in [2.75, 3.05) is 13.7 Å². The molecule has 0 saturated carbocycles. The summed E-state index contributed by atoms with van der Waals surface area (Å²) in [4.78, 5) is 11.2. The van der Waals surface area contributed by atoms with Crippen LogP contribution in [0.5, 0.6) is 5.75 Å². The van der Waals surface area contributed by atoms with Gasteiger partial charge < -0.3 is 10.5 Å². The number of carbonyl (C=O) groups excluding carboxylic acids is 1. The molecule has 1 amide bonds. The molecule has 0 fully saturated rings. The number of amides is 1. The highest BCUT2D eigenvalue weighted by atomic mass is 32.2. The van der Waals surface area contributed by atoms with Crippen LogP contribution in [0.4, 0.5) is 0 Å². The molecule has 2 aromatic rings. The molecule has 0 unspecified atom stereocenters. The van der Waals surface area contributed by atoms with Crippen LogP contribution in [-0.2, 0) is 16.4 Å². The highest BCUT2D eigenvalue weighted by molar-refractivity contribution is 7.89. The molecule has 0 radical (unpaired) electrons. The maximum Gasteiger partial charge on any atom is 0.248 e. The molecule has 26 heavy (non-hydrogen) atoms. The monoisotopic (exact) mass is 376 g/mol. The van der Waals surface area contributed by atoms with E-state index in [0.29, 0.717) is 12.3 Å². The number of hydrogen-bond donors (Lipinski definition) is 2. The lowest BCUT2D eigenvalue weighted by molar-refractivity contribution is 0.1000. The summed E-state index contributed by atoms with van der Waals surface area (Å²) in [6.45, 7) is 4.47. The Morgan fingerprint density at radius 2 is 1.81 bits per heavy atom. The van der Waals surface area contributed by atoms with E-state index in [1.54, 1.807) is 0 Å². The van der Waals surface area contributed by atoms with E-state index >= 15 is 0 Å². The lowest BCUT2D eigenvalue weighted by Crippen LogP contribution is -2.27. The normalized spacial score (nSPS) is 11.5. The third kappa shape index (κ3) is 4.83. The third-order valence-corrected chi connectivity index (χ3v) is 5.57. The molecule has 0 aliphatic rings. The molecular formula is C19H24N2O4S. The highest BCUT2D eigenvalue weighted by Crippen LogP contribution is 2.24. The molecule has 6 nitrogen and oxygen atoms in total. The van der Waals surface area contributed by atoms with Crippen molar-refractivity contribution in [2.45, 2.75) is 31.1 Å². The van der Waals surface area contributed by atoms with E-state index in [-0.39, 0.29) is 22.8 Å². The van der Waals surface area contributed by atoms with E-state index in [0.717, 1.165) is 5.56 Å². The highest BCUT2D eigenvalue weighted by Gasteiger charge is 2.20. The summed E-state index contributed by atoms with van der Waals surface area (Å²) in [5.74, 6) is -0.0920. The third-order valence-electron chi connectivity index (χ3n) is 4.09. The van der Waals surface area contributed by atoms with Gasteiger partial charge in [-0.05, 0) is 41.7 Å². The number of methoxy groups -OCH3 is 1. The van der Waals surface area contributed by atoms with Crippen molar-refractivity contribution in [3.63, 3.8) is 0 Å². The van der Waals surface area contributed by atoms with Crippen molar-refractivity contribution in [1.29, 1.82) is 0 Å². The van der Waals surface area contributed by atoms with Gasteiger partial charge in [0.05, 0.1) is 7.11 Å². The fraction of sp³-hybridized carbons (Fsp3) is 0.316. The second-order valence-corrected chi connectivity index (χ2v) is 8.01. The molecule has 0 bridgehead atoms. The van der Waals surface area contributed by atoms with Gasteiger partial charge in [0.25, 0.3) is 0 Å². The van der Waals surface area contributed by atoms with Crippen LogP contribution in [0.15, 0.2) is 47.4 Å². The van der Waals surface area contributed by atoms with Crippen molar-refractivity contribution < 1.29 is 17.9 Å². The van der Waals surface area contributed by atoms with Crippen molar-refractivity contribution >= 4 is 15.9 Å². The predicted octanol–water partition coefficient (Wildman–Crippen LogP) is 2.44. The molecule has 0 aliphatic carbocycles. The predicted molar refractivity (Wildman–Crippen MR) is 101 cm³/mol. The largest absolute Gasteiger partial charge is 0.495 e. The Morgan fingerprint density at radius 1 is 1.15 bits per heavy atom. The molecule has 0 aliphatic heterocycles. The molecule has 0 aromatic heterocycles. The molecule has 0 atom stereocenters. The van der Waals surface area contributed by atoms with Crippen LogP contribution in [-0.4, -0.2) is 28.0 Å². The number of primary amides is 1. The Hall–Kier alpha value is -2.38. The second-order valence-electron chi connectivity index (χ2n) is 6.27. The number of carbonyl (C=O) groups is 1. The molecular weight excluding hydrogens is 352 g/mol. The fourth-order valence-corrected chi connectivity index (χ4v) is 3.74. The minimum Gasteiger partial charge on any atom is -0.495 e. The maximum absolute atomic E-state index is 12.6. The number of nitrogens with two attached hydrogens (primary N) is 1. The molecule has 140 valence electrons. The summed E-state index contributed by atoms with van der Waals surface area (Å²) in [6, 6.07) is 12.2. The van der Waals surface area contributed by atoms with Crippen LogP contribution in [0.3, 0.4) is 0 Å². The molecule has 2 aromatic carbocycles. The molecule has 0 saturated heterocycles. The average molecular weight is 376 g/mol. The lowest BCUT2D eigenvalue weighted by Gasteiger charge is -2.12. The van der Waals surface area contributed by atoms with Crippen molar-refractivity contribution in [3.05, 3.63) is 59.2 Å². The van der Waals surface area contributed by atoms with Gasteiger partial charge in [0.2, 0.25) is 15.9 Å². The van der Waals surface area contributed by atoms with Crippen molar-refractivity contribution in [2.24, 2.45) is 5.73 Å². The van der Waals surface area contributed by atoms with Gasteiger partial charge >= 0.3 is 0 Å². The van der Waals surface area contributed by atoms with E-state index in [4.69, 9.17) is 10.5 Å². The van der Waals surface area contributed by atoms with Crippen LogP contribution in [0.2, 0.25) is 0 Å². The Morgan fingerprint density at radius 3 is 2.35 bits per heavy atom. The van der Waals surface area contributed by atoms with Crippen LogP contribution < -0.4 is 15.2 Å². The second kappa shape index (κ2) is 8.33. The zero-order valence-corrected chi connectivity index (χ0v) is 16.0. The molecule has 0 spiro atoms. The number of benzene rings is 2. The number of hydrogen-bond acceptors (Lipinski definition) is 4. The Balaban J connectivity index is 2.11. The van der Waals surface area contributed by atoms with Gasteiger partial charge in [-0.15, -0.1) is 0 Å². The van der Waals surface area contributed by atoms with E-state index in [2.05, 4.69) is 18.6 Å². The first-order chi connectivity index (χ1) is 12.2. The topological polar surface area (TPSA) is 98.5 Å². The van der Waals surface area contributed by atoms with Crippen molar-refractivity contribution in [1.82, 2.24) is 4.72 Å². The minimum atomic E-state index is -3.83. The number of sulfonamides is 1. The number of nitrogens with one attached hydrogen (secondary N) is 1. The summed E-state index contributed by atoms with van der Waals surface area (Å²) in [6.07, 6.45) is 0.551. The molecule has 7 heteroatoms. The Kier molecular flexibility index (Phi) is 6.39. The van der Waals surface area contributed by atoms with Gasteiger partial charge in [-0.2, -0.15) is 0 Å². The first kappa shape index (κ1) is 19.9. The molecule has 0 heterocycles. The van der Waals surface area contributed by atoms with Gasteiger partial charge in [0.15, 0.2) is 0 Å². The fourth-order valence-electron chi connectivity index (χ4n) is 2.52. The standard InChI is InChI=1S/C19H24N2O4S/c1-13(2)15-6-4-14(5-7-15)10-11-21-26(23,24)18-12-16(19(20)22)8-9-17(18)25-3/h4-9,12-13,21H,10-11H2,1-3H3,(H2,20,22). The van der Waals surface area contributed by atoms with E-state index < -0.39 is 15.9 Å². The summed E-state index contributed by atoms with van der Waals surface area (Å²) < 4.78 is 32.8. The SMILES string of the molecule is COc1ccc(C(N)=O)cc1S(=O)(=O)NCCc1ccc(C(C)C)cc1. The molecule has 3 N–H and O–H groups in total. The minimum absolute atomic E-state index is 0.105. The first-order valence-corrected chi connectivity index (χ1v) is 9.79. The number of rotatable bonds is 8. The van der Waals surface area contributed by atoms with Gasteiger partial charge in [-0.25, -0.2) is 13.1 Å². The first-order valence-electron chi connectivity index (χ1n) is 8.31. The van der Waals surface area contributed by atoms with Crippen LogP contribution in [0, 0.1) is 0 Å². The van der Waals surface area contributed by atoms with Gasteiger partial charge in [0, 0.05) is 12.1 Å². The van der Waals surface area contributed by atoms with Gasteiger partial charge in [-0.1, -0.05) is 38.1 Å². The van der Waals surface area contributed by atoms with Crippen LogP contribution >= 0.6 is 0 Å². The Bertz CT molecular complexity index is 875. The summed E-state index contributed by atoms with van der Waals surface area (Å²) >= 11 is 0. The van der Waals surface area contributed by atoms with E-state index in [1.165, 1.54) is 30.9 Å². The summed E-state index contributed by atoms with van der Waals surface area (Å²) in [5.41, 5.74) is 7.61. The quantitative estimate of drug-likeness (QED) is 0.739. The van der Waals surface area contributed by atoms with Gasteiger partial charge in [-0.3, -0.25) is 4.79 Å². The Labute approximate surface area is 154 Å². The van der Waals surface area contributed by atoms with Gasteiger partial charge in [0.1, 0.15) is 10.6 Å². The molecule has 2 rings (SSSR count).